The van der Waals surface area contributed by atoms with Gasteiger partial charge in [-0.1, -0.05) is 0 Å². The van der Waals surface area contributed by atoms with E-state index in [2.05, 4.69) is 27.7 Å². The van der Waals surface area contributed by atoms with E-state index >= 15 is 0 Å². The molecule has 0 bridgehead atoms. The van der Waals surface area contributed by atoms with Crippen molar-refractivity contribution in [3.05, 3.63) is 20.0 Å². The molecule has 87 valence electrons. The molecule has 0 amide bonds. The molecule has 0 saturated heterocycles. The van der Waals surface area contributed by atoms with E-state index in [-0.39, 0.29) is 11.1 Å². The molecule has 2 heterocycles. The monoisotopic (exact) mass is 350 g/mol. The molecule has 16 heavy (non-hydrogen) atoms. The van der Waals surface area contributed by atoms with Crippen LogP contribution in [0.1, 0.15) is 36.6 Å². The molecule has 0 atom stereocenters. The van der Waals surface area contributed by atoms with Gasteiger partial charge in [-0.25, -0.2) is 0 Å². The molecule has 0 N–H and O–H groups in total. The molecule has 0 aromatic carbocycles. The molecular weight excluding hydrogens is 332 g/mol. The fourth-order valence-corrected chi connectivity index (χ4v) is 9.65. The van der Waals surface area contributed by atoms with Crippen LogP contribution in [-0.4, -0.2) is 41.4 Å². The van der Waals surface area contributed by atoms with E-state index in [1.54, 1.807) is 8.87 Å². The maximum atomic E-state index is 12.4. The van der Waals surface area contributed by atoms with E-state index in [0.29, 0.717) is 0 Å². The van der Waals surface area contributed by atoms with Crippen molar-refractivity contribution in [3.63, 3.8) is 0 Å². The van der Waals surface area contributed by atoms with Gasteiger partial charge in [0.25, 0.3) is 0 Å². The van der Waals surface area contributed by atoms with Crippen LogP contribution >= 0.6 is 0 Å². The molecule has 1 aromatic heterocycles. The third kappa shape index (κ3) is 1.26. The van der Waals surface area contributed by atoms with Gasteiger partial charge in [0.15, 0.2) is 0 Å². The van der Waals surface area contributed by atoms with Gasteiger partial charge in [-0.2, -0.15) is 0 Å². The number of hydrogen-bond donors (Lipinski definition) is 0. The third-order valence-electron chi connectivity index (χ3n) is 4.09. The minimum absolute atomic E-state index is 0.282. The number of hydroxylamine groups is 2. The Morgan fingerprint density at radius 1 is 0.938 bits per heavy atom. The summed E-state index contributed by atoms with van der Waals surface area (Å²) in [6.07, 6.45) is 2.23. The second-order valence-electron chi connectivity index (χ2n) is 5.74. The van der Waals surface area contributed by atoms with Gasteiger partial charge < -0.3 is 0 Å². The van der Waals surface area contributed by atoms with Crippen LogP contribution in [-0.2, 0) is 18.0 Å². The van der Waals surface area contributed by atoms with E-state index in [1.165, 1.54) is 16.2 Å². The van der Waals surface area contributed by atoms with Crippen molar-refractivity contribution in [2.75, 3.05) is 0 Å². The van der Waals surface area contributed by atoms with Gasteiger partial charge in [0.05, 0.1) is 0 Å². The first kappa shape index (κ1) is 11.5. The van der Waals surface area contributed by atoms with Crippen LogP contribution in [0.25, 0.3) is 0 Å². The van der Waals surface area contributed by atoms with Crippen LogP contribution in [0.4, 0.5) is 0 Å². The minimum atomic E-state index is -0.282. The number of hydrogen-bond acceptors (Lipinski definition) is 1. The second-order valence-corrected chi connectivity index (χ2v) is 12.1. The average Bonchev–Trinajstić information content (AvgIpc) is 2.28. The molecule has 0 unspecified atom stereocenters. The van der Waals surface area contributed by atoms with Crippen LogP contribution < -0.4 is 0 Å². The van der Waals surface area contributed by atoms with Crippen molar-refractivity contribution >= 4 is 25.3 Å². The first-order chi connectivity index (χ1) is 7.35. The molecule has 3 rings (SSSR count). The molecule has 0 fully saturated rings. The summed E-state index contributed by atoms with van der Waals surface area (Å²) in [5.41, 5.74) is 2.30. The maximum absolute atomic E-state index is 12.4. The van der Waals surface area contributed by atoms with E-state index in [9.17, 15) is 5.21 Å². The van der Waals surface area contributed by atoms with Crippen LogP contribution in [0, 0.1) is 0 Å². The molecule has 1 aliphatic carbocycles. The van der Waals surface area contributed by atoms with Crippen molar-refractivity contribution in [2.45, 2.75) is 51.6 Å². The number of rotatable bonds is 0. The van der Waals surface area contributed by atoms with Gasteiger partial charge in [-0.05, 0) is 0 Å². The zero-order valence-electron chi connectivity index (χ0n) is 10.1. The molecule has 2 aliphatic rings. The van der Waals surface area contributed by atoms with Gasteiger partial charge in [0.1, 0.15) is 0 Å². The zero-order valence-corrected chi connectivity index (χ0v) is 13.5. The molecule has 0 saturated carbocycles. The third-order valence-corrected chi connectivity index (χ3v) is 12.7. The SMILES string of the molecule is CC1(C)C2=C(Cc3[se][se]c3C2)C(C)(C)N1[O]. The Morgan fingerprint density at radius 2 is 1.31 bits per heavy atom. The van der Waals surface area contributed by atoms with E-state index in [0.717, 1.165) is 38.1 Å². The van der Waals surface area contributed by atoms with Crippen LogP contribution in [0.5, 0.6) is 0 Å². The van der Waals surface area contributed by atoms with Crippen molar-refractivity contribution in [3.8, 4) is 0 Å². The summed E-state index contributed by atoms with van der Waals surface area (Å²) in [5.74, 6) is 0. The number of fused-ring (bicyclic) bond motifs is 1. The molecular formula is C12H16NOSe2. The van der Waals surface area contributed by atoms with Crippen molar-refractivity contribution in [1.82, 2.24) is 5.06 Å². The van der Waals surface area contributed by atoms with Crippen LogP contribution in [0.2, 0.25) is 0 Å². The fraction of sp³-hybridized carbons (Fsp3) is 0.667. The van der Waals surface area contributed by atoms with Gasteiger partial charge >= 0.3 is 107 Å². The van der Waals surface area contributed by atoms with Crippen LogP contribution in [0.15, 0.2) is 11.1 Å². The predicted octanol–water partition coefficient (Wildman–Crippen LogP) is 1.41. The summed E-state index contributed by atoms with van der Waals surface area (Å²) < 4.78 is 3.43. The zero-order chi connectivity index (χ0) is 11.7. The van der Waals surface area contributed by atoms with E-state index < -0.39 is 0 Å². The van der Waals surface area contributed by atoms with E-state index in [4.69, 9.17) is 0 Å². The Hall–Kier alpha value is 0.439. The fourth-order valence-electron chi connectivity index (χ4n) is 3.07. The molecule has 2 nitrogen and oxygen atoms in total. The Bertz CT molecular complexity index is 437. The summed E-state index contributed by atoms with van der Waals surface area (Å²) in [4.78, 5) is 0. The molecule has 4 heteroatoms. The van der Waals surface area contributed by atoms with Crippen molar-refractivity contribution < 1.29 is 5.21 Å². The predicted molar refractivity (Wildman–Crippen MR) is 65.4 cm³/mol. The Kier molecular flexibility index (Phi) is 2.35. The first-order valence-electron chi connectivity index (χ1n) is 5.62. The molecule has 1 radical (unpaired) electrons. The molecule has 1 aromatic rings. The van der Waals surface area contributed by atoms with Crippen molar-refractivity contribution in [2.24, 2.45) is 0 Å². The van der Waals surface area contributed by atoms with E-state index in [1.807, 2.05) is 0 Å². The first-order valence-corrected chi connectivity index (χ1v) is 11.7. The van der Waals surface area contributed by atoms with Gasteiger partial charge in [0, 0.05) is 0 Å². The number of nitrogens with zero attached hydrogens (tertiary/aromatic N) is 1. The Morgan fingerprint density at radius 3 is 1.62 bits per heavy atom. The summed E-state index contributed by atoms with van der Waals surface area (Å²) in [7, 11) is 0. The average molecular weight is 348 g/mol. The van der Waals surface area contributed by atoms with Gasteiger partial charge in [-0.15, -0.1) is 0 Å². The summed E-state index contributed by atoms with van der Waals surface area (Å²) in [5, 5.41) is 13.7. The standard InChI is InChI=1S/C12H16NOSe2/c1-11(2)7-5-9-10(16-15-9)6-8(7)12(3,4)13(11)14/h5-6H2,1-4H3. The van der Waals surface area contributed by atoms with Gasteiger partial charge in [-0.3, -0.25) is 0 Å². The Balaban J connectivity index is 2.12. The van der Waals surface area contributed by atoms with Crippen molar-refractivity contribution in [1.29, 1.82) is 0 Å². The Labute approximate surface area is 107 Å². The quantitative estimate of drug-likeness (QED) is 0.514. The summed E-state index contributed by atoms with van der Waals surface area (Å²) in [6.45, 7) is 8.36. The molecule has 0 spiro atoms. The van der Waals surface area contributed by atoms with Crippen LogP contribution in [0.3, 0.4) is 0 Å². The second kappa shape index (κ2) is 3.26. The normalized spacial score (nSPS) is 27.1. The topological polar surface area (TPSA) is 23.1 Å². The summed E-state index contributed by atoms with van der Waals surface area (Å²) >= 11 is 1.61. The van der Waals surface area contributed by atoms with Gasteiger partial charge in [0.2, 0.25) is 0 Å². The summed E-state index contributed by atoms with van der Waals surface area (Å²) in [6, 6.07) is 0. The molecule has 1 aliphatic heterocycles.